The first-order chi connectivity index (χ1) is 7.47. The number of ether oxygens (including phenoxy) is 1. The van der Waals surface area contributed by atoms with Crippen molar-refractivity contribution in [3.8, 4) is 6.07 Å². The van der Waals surface area contributed by atoms with Crippen LogP contribution in [0.15, 0.2) is 0 Å². The number of hydrogen-bond acceptors (Lipinski definition) is 4. The fourth-order valence-corrected chi connectivity index (χ4v) is 0.784. The molecule has 0 aliphatic rings. The van der Waals surface area contributed by atoms with Gasteiger partial charge in [-0.3, -0.25) is 0 Å². The van der Waals surface area contributed by atoms with Gasteiger partial charge in [-0.25, -0.2) is 14.9 Å². The lowest BCUT2D eigenvalue weighted by Gasteiger charge is -2.13. The Kier molecular flexibility index (Phi) is 6.68. The van der Waals surface area contributed by atoms with Crippen LogP contribution in [0.2, 0.25) is 0 Å². The quantitative estimate of drug-likeness (QED) is 0.734. The number of hydrogen-bond donors (Lipinski definition) is 1. The maximum Gasteiger partial charge on any atom is 0.415 e. The summed E-state index contributed by atoms with van der Waals surface area (Å²) in [4.78, 5) is 23.4. The predicted octanol–water partition coefficient (Wildman–Crippen LogP) is 1.33. The van der Waals surface area contributed by atoms with Crippen LogP contribution in [0.4, 0.5) is 9.59 Å². The third-order valence-corrected chi connectivity index (χ3v) is 1.79. The molecule has 0 atom stereocenters. The van der Waals surface area contributed by atoms with Crippen LogP contribution < -0.4 is 5.32 Å². The molecule has 0 fully saturated rings. The first-order valence-electron chi connectivity index (χ1n) is 5.03. The highest BCUT2D eigenvalue weighted by Gasteiger charge is 2.12. The highest BCUT2D eigenvalue weighted by atomic mass is 16.5. The number of amides is 3. The molecule has 0 bridgehead atoms. The van der Waals surface area contributed by atoms with E-state index in [1.165, 1.54) is 7.05 Å². The first-order valence-corrected chi connectivity index (χ1v) is 5.03. The second-order valence-corrected chi connectivity index (χ2v) is 3.76. The van der Waals surface area contributed by atoms with Crippen LogP contribution in [0.25, 0.3) is 0 Å². The fourth-order valence-electron chi connectivity index (χ4n) is 0.784. The van der Waals surface area contributed by atoms with Gasteiger partial charge in [-0.2, -0.15) is 5.26 Å². The molecule has 0 heterocycles. The molecule has 90 valence electrons. The number of nitriles is 1. The maximum absolute atomic E-state index is 11.2. The lowest BCUT2D eigenvalue weighted by atomic mass is 10.1. The van der Waals surface area contributed by atoms with Gasteiger partial charge in [-0.1, -0.05) is 13.8 Å². The highest BCUT2D eigenvalue weighted by Crippen LogP contribution is 1.98. The van der Waals surface area contributed by atoms with E-state index in [0.29, 0.717) is 5.92 Å². The van der Waals surface area contributed by atoms with E-state index in [1.54, 1.807) is 6.07 Å². The summed E-state index contributed by atoms with van der Waals surface area (Å²) < 4.78 is 4.77. The lowest BCUT2D eigenvalue weighted by molar-refractivity contribution is 0.138. The number of carbonyl (C=O) groups excluding carboxylic acids is 2. The largest absolute Gasteiger partial charge is 0.449 e. The molecule has 0 aromatic rings. The number of alkyl carbamates (subject to hydrolysis) is 1. The van der Waals surface area contributed by atoms with E-state index in [2.05, 4.69) is 0 Å². The fraction of sp³-hybridized carbons (Fsp3) is 0.700. The summed E-state index contributed by atoms with van der Waals surface area (Å²) in [6.45, 7) is 4.21. The molecule has 6 nitrogen and oxygen atoms in total. The summed E-state index contributed by atoms with van der Waals surface area (Å²) in [5, 5.41) is 10.3. The van der Waals surface area contributed by atoms with Gasteiger partial charge in [0.1, 0.15) is 6.54 Å². The molecule has 0 aliphatic carbocycles. The Hall–Kier alpha value is -1.77. The number of imide groups is 1. The molecule has 0 radical (unpaired) electrons. The van der Waals surface area contributed by atoms with E-state index in [4.69, 9.17) is 10.00 Å². The van der Waals surface area contributed by atoms with Crippen molar-refractivity contribution in [1.29, 1.82) is 5.26 Å². The Balaban J connectivity index is 3.79. The molecular formula is C10H17N3O3. The van der Waals surface area contributed by atoms with Crippen LogP contribution in [0.5, 0.6) is 0 Å². The van der Waals surface area contributed by atoms with Crippen LogP contribution >= 0.6 is 0 Å². The zero-order valence-corrected chi connectivity index (χ0v) is 9.82. The zero-order valence-electron chi connectivity index (χ0n) is 9.82. The van der Waals surface area contributed by atoms with Crippen LogP contribution in [0.3, 0.4) is 0 Å². The maximum atomic E-state index is 11.2. The topological polar surface area (TPSA) is 82.4 Å². The zero-order chi connectivity index (χ0) is 12.6. The highest BCUT2D eigenvalue weighted by molar-refractivity contribution is 5.90. The molecule has 0 spiro atoms. The Labute approximate surface area is 95.2 Å². The van der Waals surface area contributed by atoms with Crippen LogP contribution in [0.1, 0.15) is 20.3 Å². The molecule has 0 unspecified atom stereocenters. The number of nitrogens with zero attached hydrogens (tertiary/aromatic N) is 2. The summed E-state index contributed by atoms with van der Waals surface area (Å²) in [7, 11) is 1.42. The third kappa shape index (κ3) is 6.65. The summed E-state index contributed by atoms with van der Waals surface area (Å²) >= 11 is 0. The van der Waals surface area contributed by atoms with E-state index < -0.39 is 12.1 Å². The van der Waals surface area contributed by atoms with Crippen LogP contribution in [-0.2, 0) is 4.74 Å². The molecule has 6 heteroatoms. The van der Waals surface area contributed by atoms with Gasteiger partial charge in [0, 0.05) is 7.05 Å². The molecule has 3 amide bonds. The van der Waals surface area contributed by atoms with Crippen molar-refractivity contribution in [3.05, 3.63) is 0 Å². The van der Waals surface area contributed by atoms with Crippen molar-refractivity contribution in [2.45, 2.75) is 20.3 Å². The van der Waals surface area contributed by atoms with Gasteiger partial charge in [-0.15, -0.1) is 0 Å². The van der Waals surface area contributed by atoms with Crippen molar-refractivity contribution >= 4 is 12.1 Å². The number of rotatable bonds is 4. The SMILES string of the molecule is CC(C)CCOC(=O)NC(=O)N(C)CC#N. The van der Waals surface area contributed by atoms with Gasteiger partial charge >= 0.3 is 12.1 Å². The summed E-state index contributed by atoms with van der Waals surface area (Å²) in [6, 6.07) is 1.15. The Morgan fingerprint density at radius 2 is 2.12 bits per heavy atom. The van der Waals surface area contributed by atoms with E-state index >= 15 is 0 Å². The molecule has 16 heavy (non-hydrogen) atoms. The van der Waals surface area contributed by atoms with E-state index in [0.717, 1.165) is 11.3 Å². The molecule has 0 saturated carbocycles. The molecule has 0 aromatic heterocycles. The minimum atomic E-state index is -0.782. The Bertz CT molecular complexity index is 284. The molecule has 1 N–H and O–H groups in total. The Morgan fingerprint density at radius 3 is 2.62 bits per heavy atom. The van der Waals surface area contributed by atoms with Crippen molar-refractivity contribution < 1.29 is 14.3 Å². The number of carbonyl (C=O) groups is 2. The molecule has 0 aromatic carbocycles. The minimum absolute atomic E-state index is 0.0783. The molecular weight excluding hydrogens is 210 g/mol. The molecule has 0 saturated heterocycles. The van der Waals surface area contributed by atoms with Crippen LogP contribution in [-0.4, -0.2) is 37.2 Å². The monoisotopic (exact) mass is 227 g/mol. The average molecular weight is 227 g/mol. The van der Waals surface area contributed by atoms with Gasteiger partial charge < -0.3 is 9.64 Å². The standard InChI is InChI=1S/C10H17N3O3/c1-8(2)4-7-16-10(15)12-9(14)13(3)6-5-11/h8H,4,6-7H2,1-3H3,(H,12,14,15). The van der Waals surface area contributed by atoms with Gasteiger partial charge in [0.2, 0.25) is 0 Å². The molecule has 0 rings (SSSR count). The number of nitrogens with one attached hydrogen (secondary N) is 1. The molecule has 0 aliphatic heterocycles. The summed E-state index contributed by atoms with van der Waals surface area (Å²) in [5.41, 5.74) is 0. The third-order valence-electron chi connectivity index (χ3n) is 1.79. The second kappa shape index (κ2) is 7.51. The van der Waals surface area contributed by atoms with Crippen molar-refractivity contribution in [2.24, 2.45) is 5.92 Å². The van der Waals surface area contributed by atoms with Crippen molar-refractivity contribution in [1.82, 2.24) is 10.2 Å². The van der Waals surface area contributed by atoms with Gasteiger partial charge in [-0.05, 0) is 12.3 Å². The second-order valence-electron chi connectivity index (χ2n) is 3.76. The van der Waals surface area contributed by atoms with E-state index in [-0.39, 0.29) is 13.2 Å². The smallest absolute Gasteiger partial charge is 0.415 e. The van der Waals surface area contributed by atoms with Gasteiger partial charge in [0.15, 0.2) is 0 Å². The van der Waals surface area contributed by atoms with Crippen molar-refractivity contribution in [3.63, 3.8) is 0 Å². The number of urea groups is 1. The first kappa shape index (κ1) is 14.2. The van der Waals surface area contributed by atoms with E-state index in [9.17, 15) is 9.59 Å². The summed E-state index contributed by atoms with van der Waals surface area (Å²) in [6.07, 6.45) is -0.0363. The van der Waals surface area contributed by atoms with Gasteiger partial charge in [0.25, 0.3) is 0 Å². The van der Waals surface area contributed by atoms with E-state index in [1.807, 2.05) is 19.2 Å². The Morgan fingerprint density at radius 1 is 1.50 bits per heavy atom. The van der Waals surface area contributed by atoms with Crippen LogP contribution in [0, 0.1) is 17.2 Å². The normalized spacial score (nSPS) is 9.44. The average Bonchev–Trinajstić information content (AvgIpc) is 2.17. The predicted molar refractivity (Wildman–Crippen MR) is 57.6 cm³/mol. The van der Waals surface area contributed by atoms with Gasteiger partial charge in [0.05, 0.1) is 12.7 Å². The minimum Gasteiger partial charge on any atom is -0.449 e. The summed E-state index contributed by atoms with van der Waals surface area (Å²) in [5.74, 6) is 0.435. The van der Waals surface area contributed by atoms with Crippen molar-refractivity contribution in [2.75, 3.05) is 20.2 Å². The lowest BCUT2D eigenvalue weighted by Crippen LogP contribution is -2.41.